The predicted molar refractivity (Wildman–Crippen MR) is 77.4 cm³/mol. The Labute approximate surface area is 114 Å². The van der Waals surface area contributed by atoms with Crippen LogP contribution in [0.4, 0.5) is 11.5 Å². The van der Waals surface area contributed by atoms with Crippen molar-refractivity contribution in [2.24, 2.45) is 0 Å². The Balaban J connectivity index is 3.07. The highest BCUT2D eigenvalue weighted by Crippen LogP contribution is 2.25. The minimum absolute atomic E-state index is 0.337. The van der Waals surface area contributed by atoms with Gasteiger partial charge < -0.3 is 15.4 Å². The van der Waals surface area contributed by atoms with Gasteiger partial charge in [0.15, 0.2) is 5.82 Å². The van der Waals surface area contributed by atoms with E-state index in [2.05, 4.69) is 23.7 Å². The third-order valence-corrected chi connectivity index (χ3v) is 2.75. The summed E-state index contributed by atoms with van der Waals surface area (Å²) in [5.41, 5.74) is 6.87. The second-order valence-electron chi connectivity index (χ2n) is 4.30. The summed E-state index contributed by atoms with van der Waals surface area (Å²) in [5, 5.41) is 0. The molecule has 1 aromatic heterocycles. The van der Waals surface area contributed by atoms with Crippen molar-refractivity contribution in [3.05, 3.63) is 17.8 Å². The maximum Gasteiger partial charge on any atom is 0.340 e. The Morgan fingerprint density at radius 2 is 1.95 bits per heavy atom. The van der Waals surface area contributed by atoms with E-state index in [1.54, 1.807) is 19.2 Å². The molecule has 0 amide bonds. The topological polar surface area (TPSA) is 68.5 Å². The summed E-state index contributed by atoms with van der Waals surface area (Å²) in [6.45, 7) is 8.07. The second-order valence-corrected chi connectivity index (χ2v) is 4.30. The van der Waals surface area contributed by atoms with Crippen LogP contribution in [0.2, 0.25) is 0 Å². The molecule has 0 aliphatic heterocycles. The number of hydrogen-bond acceptors (Lipinski definition) is 5. The number of carbonyl (C=O) groups excluding carboxylic acids is 1. The fourth-order valence-corrected chi connectivity index (χ4v) is 1.96. The zero-order valence-electron chi connectivity index (χ0n) is 12.0. The van der Waals surface area contributed by atoms with E-state index in [1.165, 1.54) is 0 Å². The standard InChI is InChI=1S/C14H23N3O2/c1-4-9-17(10-5-2)13-12(15)11(7-8-16-13)14(18)19-6-3/h7-8H,4-6,9-10,15H2,1-3H3. The smallest absolute Gasteiger partial charge is 0.340 e. The maximum atomic E-state index is 11.8. The molecule has 2 N–H and O–H groups in total. The van der Waals surface area contributed by atoms with Crippen molar-refractivity contribution in [1.29, 1.82) is 0 Å². The molecule has 5 heteroatoms. The molecule has 0 radical (unpaired) electrons. The van der Waals surface area contributed by atoms with Crippen LogP contribution in [0.5, 0.6) is 0 Å². The molecule has 0 aromatic carbocycles. The normalized spacial score (nSPS) is 10.3. The highest BCUT2D eigenvalue weighted by atomic mass is 16.5. The van der Waals surface area contributed by atoms with Crippen molar-refractivity contribution < 1.29 is 9.53 Å². The number of nitrogens with two attached hydrogens (primary N) is 1. The largest absolute Gasteiger partial charge is 0.462 e. The number of carbonyl (C=O) groups is 1. The number of rotatable bonds is 7. The summed E-state index contributed by atoms with van der Waals surface area (Å²) in [7, 11) is 0. The van der Waals surface area contributed by atoms with Crippen LogP contribution in [-0.4, -0.2) is 30.6 Å². The number of nitrogens with zero attached hydrogens (tertiary/aromatic N) is 2. The first kappa shape index (κ1) is 15.3. The third kappa shape index (κ3) is 3.84. The van der Waals surface area contributed by atoms with Crippen LogP contribution in [0.25, 0.3) is 0 Å². The van der Waals surface area contributed by atoms with Crippen molar-refractivity contribution in [1.82, 2.24) is 4.98 Å². The van der Waals surface area contributed by atoms with Gasteiger partial charge in [-0.1, -0.05) is 13.8 Å². The van der Waals surface area contributed by atoms with Crippen LogP contribution >= 0.6 is 0 Å². The van der Waals surface area contributed by atoms with E-state index < -0.39 is 5.97 Å². The lowest BCUT2D eigenvalue weighted by Crippen LogP contribution is -2.27. The third-order valence-electron chi connectivity index (χ3n) is 2.75. The Morgan fingerprint density at radius 1 is 1.32 bits per heavy atom. The molecule has 0 fully saturated rings. The highest BCUT2D eigenvalue weighted by molar-refractivity contribution is 5.97. The van der Waals surface area contributed by atoms with Crippen LogP contribution in [-0.2, 0) is 4.74 Å². The van der Waals surface area contributed by atoms with Gasteiger partial charge in [0, 0.05) is 19.3 Å². The molecular weight excluding hydrogens is 242 g/mol. The summed E-state index contributed by atoms with van der Waals surface area (Å²) < 4.78 is 5.00. The molecule has 0 spiro atoms. The van der Waals surface area contributed by atoms with Crippen molar-refractivity contribution >= 4 is 17.5 Å². The Hall–Kier alpha value is -1.78. The molecule has 19 heavy (non-hydrogen) atoms. The Morgan fingerprint density at radius 3 is 2.47 bits per heavy atom. The molecule has 0 bridgehead atoms. The highest BCUT2D eigenvalue weighted by Gasteiger charge is 2.17. The van der Waals surface area contributed by atoms with Gasteiger partial charge in [0.1, 0.15) is 0 Å². The van der Waals surface area contributed by atoms with Gasteiger partial charge >= 0.3 is 5.97 Å². The molecule has 0 atom stereocenters. The number of ether oxygens (including phenoxy) is 1. The van der Waals surface area contributed by atoms with Gasteiger partial charge in [-0.25, -0.2) is 9.78 Å². The monoisotopic (exact) mass is 265 g/mol. The molecule has 0 saturated heterocycles. The summed E-state index contributed by atoms with van der Waals surface area (Å²) in [6, 6.07) is 1.60. The van der Waals surface area contributed by atoms with Gasteiger partial charge in [0.05, 0.1) is 17.9 Å². The number of hydrogen-bond donors (Lipinski definition) is 1. The fourth-order valence-electron chi connectivity index (χ4n) is 1.96. The van der Waals surface area contributed by atoms with Crippen molar-refractivity contribution in [3.63, 3.8) is 0 Å². The van der Waals surface area contributed by atoms with Crippen LogP contribution in [0, 0.1) is 0 Å². The number of esters is 1. The van der Waals surface area contributed by atoms with E-state index in [0.717, 1.165) is 25.9 Å². The first-order valence-corrected chi connectivity index (χ1v) is 6.82. The van der Waals surface area contributed by atoms with Crippen molar-refractivity contribution in [2.75, 3.05) is 30.3 Å². The summed E-state index contributed by atoms with van der Waals surface area (Å²) >= 11 is 0. The molecule has 1 rings (SSSR count). The Kier molecular flexibility index (Phi) is 6.12. The predicted octanol–water partition coefficient (Wildman–Crippen LogP) is 2.47. The van der Waals surface area contributed by atoms with E-state index in [9.17, 15) is 4.79 Å². The zero-order chi connectivity index (χ0) is 14.3. The van der Waals surface area contributed by atoms with Crippen molar-refractivity contribution in [3.8, 4) is 0 Å². The lowest BCUT2D eigenvalue weighted by atomic mass is 10.2. The van der Waals surface area contributed by atoms with Gasteiger partial charge in [-0.3, -0.25) is 0 Å². The molecule has 106 valence electrons. The lowest BCUT2D eigenvalue weighted by molar-refractivity contribution is 0.0527. The summed E-state index contributed by atoms with van der Waals surface area (Å²) in [6.07, 6.45) is 3.62. The van der Waals surface area contributed by atoms with Gasteiger partial charge in [-0.15, -0.1) is 0 Å². The minimum Gasteiger partial charge on any atom is -0.462 e. The maximum absolute atomic E-state index is 11.8. The number of pyridine rings is 1. The molecular formula is C14H23N3O2. The average Bonchev–Trinajstić information content (AvgIpc) is 2.39. The average molecular weight is 265 g/mol. The van der Waals surface area contributed by atoms with Gasteiger partial charge in [-0.2, -0.15) is 0 Å². The quantitative estimate of drug-likeness (QED) is 0.767. The van der Waals surface area contributed by atoms with E-state index in [0.29, 0.717) is 23.7 Å². The Bertz CT molecular complexity index is 415. The van der Waals surface area contributed by atoms with E-state index in [4.69, 9.17) is 10.5 Å². The molecule has 0 saturated carbocycles. The minimum atomic E-state index is -0.392. The molecule has 1 heterocycles. The van der Waals surface area contributed by atoms with Gasteiger partial charge in [0.25, 0.3) is 0 Å². The van der Waals surface area contributed by atoms with Crippen LogP contribution in [0.3, 0.4) is 0 Å². The van der Waals surface area contributed by atoms with Crippen LogP contribution in [0.15, 0.2) is 12.3 Å². The number of aromatic nitrogens is 1. The number of anilines is 2. The molecule has 1 aromatic rings. The summed E-state index contributed by atoms with van der Waals surface area (Å²) in [5.74, 6) is 0.283. The van der Waals surface area contributed by atoms with Gasteiger partial charge in [0.2, 0.25) is 0 Å². The van der Waals surface area contributed by atoms with E-state index in [1.807, 2.05) is 0 Å². The zero-order valence-corrected chi connectivity index (χ0v) is 12.0. The van der Waals surface area contributed by atoms with Gasteiger partial charge in [-0.05, 0) is 25.8 Å². The van der Waals surface area contributed by atoms with E-state index in [-0.39, 0.29) is 0 Å². The molecule has 0 aliphatic carbocycles. The summed E-state index contributed by atoms with van der Waals surface area (Å²) in [4.78, 5) is 18.2. The fraction of sp³-hybridized carbons (Fsp3) is 0.571. The second kappa shape index (κ2) is 7.61. The SMILES string of the molecule is CCCN(CCC)c1nccc(C(=O)OCC)c1N. The molecule has 0 aliphatic rings. The first-order valence-electron chi connectivity index (χ1n) is 6.82. The molecule has 5 nitrogen and oxygen atoms in total. The number of nitrogen functional groups attached to an aromatic ring is 1. The lowest BCUT2D eigenvalue weighted by Gasteiger charge is -2.24. The first-order chi connectivity index (χ1) is 9.15. The van der Waals surface area contributed by atoms with Crippen LogP contribution < -0.4 is 10.6 Å². The van der Waals surface area contributed by atoms with Crippen LogP contribution in [0.1, 0.15) is 44.0 Å². The van der Waals surface area contributed by atoms with Crippen molar-refractivity contribution in [2.45, 2.75) is 33.6 Å². The molecule has 0 unspecified atom stereocenters. The van der Waals surface area contributed by atoms with E-state index >= 15 is 0 Å².